The van der Waals surface area contributed by atoms with E-state index in [2.05, 4.69) is 5.32 Å². The van der Waals surface area contributed by atoms with Crippen LogP contribution in [0.5, 0.6) is 11.5 Å². The topological polar surface area (TPSA) is 47.6 Å². The van der Waals surface area contributed by atoms with E-state index in [1.165, 1.54) is 18.2 Å². The molecule has 2 aromatic carbocycles. The predicted molar refractivity (Wildman–Crippen MR) is 91.1 cm³/mol. The molecule has 0 aliphatic rings. The Morgan fingerprint density at radius 1 is 1.08 bits per heavy atom. The molecule has 1 atom stereocenters. The maximum atomic E-state index is 12.9. The van der Waals surface area contributed by atoms with Gasteiger partial charge in [0.15, 0.2) is 6.61 Å². The van der Waals surface area contributed by atoms with E-state index in [0.29, 0.717) is 6.61 Å². The van der Waals surface area contributed by atoms with Gasteiger partial charge in [0.25, 0.3) is 5.91 Å². The second-order valence-electron chi connectivity index (χ2n) is 5.57. The first-order chi connectivity index (χ1) is 12.3. The Labute approximate surface area is 149 Å². The second kappa shape index (κ2) is 8.60. The SMILES string of the molecule is CCOc1ccc(C(C)NC(=O)COc2ccccc2C(F)(F)F)cc1. The molecule has 1 unspecified atom stereocenters. The molecule has 4 nitrogen and oxygen atoms in total. The van der Waals surface area contributed by atoms with E-state index in [-0.39, 0.29) is 11.8 Å². The number of carbonyl (C=O) groups excluding carboxylic acids is 1. The van der Waals surface area contributed by atoms with Crippen LogP contribution in [-0.2, 0) is 11.0 Å². The highest BCUT2D eigenvalue weighted by molar-refractivity contribution is 5.78. The summed E-state index contributed by atoms with van der Waals surface area (Å²) in [4.78, 5) is 12.0. The number of nitrogens with one attached hydrogen (secondary N) is 1. The lowest BCUT2D eigenvalue weighted by Gasteiger charge is -2.17. The molecule has 0 radical (unpaired) electrons. The number of para-hydroxylation sites is 1. The third kappa shape index (κ3) is 5.40. The van der Waals surface area contributed by atoms with Gasteiger partial charge in [-0.25, -0.2) is 0 Å². The normalized spacial score (nSPS) is 12.3. The van der Waals surface area contributed by atoms with E-state index in [4.69, 9.17) is 9.47 Å². The Hall–Kier alpha value is -2.70. The summed E-state index contributed by atoms with van der Waals surface area (Å²) in [5.74, 6) is -0.158. The number of amides is 1. The van der Waals surface area contributed by atoms with Crippen LogP contribution in [0.3, 0.4) is 0 Å². The number of hydrogen-bond acceptors (Lipinski definition) is 3. The van der Waals surface area contributed by atoms with Gasteiger partial charge in [-0.05, 0) is 43.7 Å². The molecule has 2 rings (SSSR count). The predicted octanol–water partition coefficient (Wildman–Crippen LogP) is 4.36. The van der Waals surface area contributed by atoms with Crippen molar-refractivity contribution in [2.45, 2.75) is 26.1 Å². The van der Waals surface area contributed by atoms with Gasteiger partial charge in [-0.1, -0.05) is 24.3 Å². The summed E-state index contributed by atoms with van der Waals surface area (Å²) in [6.45, 7) is 3.71. The van der Waals surface area contributed by atoms with Crippen molar-refractivity contribution in [3.63, 3.8) is 0 Å². The van der Waals surface area contributed by atoms with E-state index in [9.17, 15) is 18.0 Å². The van der Waals surface area contributed by atoms with Crippen LogP contribution in [0.1, 0.15) is 31.0 Å². The minimum Gasteiger partial charge on any atom is -0.494 e. The molecule has 1 amide bonds. The Balaban J connectivity index is 1.93. The van der Waals surface area contributed by atoms with Gasteiger partial charge in [-0.2, -0.15) is 13.2 Å². The molecule has 7 heteroatoms. The van der Waals surface area contributed by atoms with Crippen LogP contribution in [0.4, 0.5) is 13.2 Å². The number of alkyl halides is 3. The Morgan fingerprint density at radius 3 is 2.35 bits per heavy atom. The van der Waals surface area contributed by atoms with Crippen LogP contribution < -0.4 is 14.8 Å². The van der Waals surface area contributed by atoms with Crippen molar-refractivity contribution in [2.24, 2.45) is 0 Å². The lowest BCUT2D eigenvalue weighted by molar-refractivity contribution is -0.139. The highest BCUT2D eigenvalue weighted by atomic mass is 19.4. The minimum absolute atomic E-state index is 0.320. The summed E-state index contributed by atoms with van der Waals surface area (Å²) in [6, 6.07) is 11.7. The molecular formula is C19H20F3NO3. The summed E-state index contributed by atoms with van der Waals surface area (Å²) in [7, 11) is 0. The standard InChI is InChI=1S/C19H20F3NO3/c1-3-25-15-10-8-14(9-11-15)13(2)23-18(24)12-26-17-7-5-4-6-16(17)19(20,21)22/h4-11,13H,3,12H2,1-2H3,(H,23,24). The van der Waals surface area contributed by atoms with Crippen molar-refractivity contribution in [1.29, 1.82) is 0 Å². The van der Waals surface area contributed by atoms with Crippen LogP contribution in [0, 0.1) is 0 Å². The van der Waals surface area contributed by atoms with Crippen molar-refractivity contribution in [1.82, 2.24) is 5.32 Å². The summed E-state index contributed by atoms with van der Waals surface area (Å²) < 4.78 is 49.1. The first-order valence-electron chi connectivity index (χ1n) is 8.12. The van der Waals surface area contributed by atoms with Crippen molar-refractivity contribution >= 4 is 5.91 Å². The average Bonchev–Trinajstić information content (AvgIpc) is 2.60. The van der Waals surface area contributed by atoms with Gasteiger partial charge in [0.2, 0.25) is 0 Å². The molecule has 140 valence electrons. The van der Waals surface area contributed by atoms with E-state index >= 15 is 0 Å². The Bertz CT molecular complexity index is 730. The zero-order chi connectivity index (χ0) is 19.2. The molecule has 2 aromatic rings. The largest absolute Gasteiger partial charge is 0.494 e. The number of ether oxygens (including phenoxy) is 2. The van der Waals surface area contributed by atoms with Gasteiger partial charge < -0.3 is 14.8 Å². The van der Waals surface area contributed by atoms with Crippen LogP contribution in [-0.4, -0.2) is 19.1 Å². The van der Waals surface area contributed by atoms with Gasteiger partial charge in [0.1, 0.15) is 11.5 Å². The summed E-state index contributed by atoms with van der Waals surface area (Å²) >= 11 is 0. The van der Waals surface area contributed by atoms with Crippen LogP contribution in [0.2, 0.25) is 0 Å². The molecule has 0 aromatic heterocycles. The van der Waals surface area contributed by atoms with Crippen molar-refractivity contribution < 1.29 is 27.4 Å². The fourth-order valence-electron chi connectivity index (χ4n) is 2.36. The quantitative estimate of drug-likeness (QED) is 0.791. The minimum atomic E-state index is -4.54. The average molecular weight is 367 g/mol. The molecule has 1 N–H and O–H groups in total. The number of hydrogen-bond donors (Lipinski definition) is 1. The molecule has 0 fully saturated rings. The van der Waals surface area contributed by atoms with Crippen LogP contribution in [0.25, 0.3) is 0 Å². The maximum absolute atomic E-state index is 12.9. The van der Waals surface area contributed by atoms with Gasteiger partial charge in [-0.3, -0.25) is 4.79 Å². The third-order valence-electron chi connectivity index (χ3n) is 3.62. The first-order valence-corrected chi connectivity index (χ1v) is 8.12. The molecular weight excluding hydrogens is 347 g/mol. The second-order valence-corrected chi connectivity index (χ2v) is 5.57. The molecule has 0 aliphatic heterocycles. The first kappa shape index (κ1) is 19.6. The van der Waals surface area contributed by atoms with Gasteiger partial charge in [-0.15, -0.1) is 0 Å². The Morgan fingerprint density at radius 2 is 1.73 bits per heavy atom. The fourth-order valence-corrected chi connectivity index (χ4v) is 2.36. The van der Waals surface area contributed by atoms with Gasteiger partial charge in [0.05, 0.1) is 18.2 Å². The van der Waals surface area contributed by atoms with Crippen LogP contribution in [0.15, 0.2) is 48.5 Å². The fraction of sp³-hybridized carbons (Fsp3) is 0.316. The number of halogens is 3. The van der Waals surface area contributed by atoms with Crippen molar-refractivity contribution in [3.05, 3.63) is 59.7 Å². The number of benzene rings is 2. The molecule has 0 bridgehead atoms. The van der Waals surface area contributed by atoms with E-state index in [1.807, 2.05) is 19.1 Å². The van der Waals surface area contributed by atoms with Gasteiger partial charge >= 0.3 is 6.18 Å². The molecule has 0 spiro atoms. The summed E-state index contributed by atoms with van der Waals surface area (Å²) in [6.07, 6.45) is -4.54. The lowest BCUT2D eigenvalue weighted by atomic mass is 10.1. The maximum Gasteiger partial charge on any atom is 0.419 e. The van der Waals surface area contributed by atoms with Gasteiger partial charge in [0, 0.05) is 0 Å². The van der Waals surface area contributed by atoms with Crippen molar-refractivity contribution in [3.8, 4) is 11.5 Å². The zero-order valence-electron chi connectivity index (χ0n) is 14.5. The molecule has 0 saturated carbocycles. The monoisotopic (exact) mass is 367 g/mol. The third-order valence-corrected chi connectivity index (χ3v) is 3.62. The van der Waals surface area contributed by atoms with E-state index in [1.54, 1.807) is 19.1 Å². The molecule has 0 heterocycles. The highest BCUT2D eigenvalue weighted by Crippen LogP contribution is 2.35. The van der Waals surface area contributed by atoms with Crippen molar-refractivity contribution in [2.75, 3.05) is 13.2 Å². The molecule has 0 saturated heterocycles. The zero-order valence-corrected chi connectivity index (χ0v) is 14.5. The summed E-state index contributed by atoms with van der Waals surface area (Å²) in [5, 5.41) is 2.69. The lowest BCUT2D eigenvalue weighted by Crippen LogP contribution is -2.31. The molecule has 26 heavy (non-hydrogen) atoms. The highest BCUT2D eigenvalue weighted by Gasteiger charge is 2.34. The number of carbonyl (C=O) groups is 1. The molecule has 0 aliphatic carbocycles. The Kier molecular flexibility index (Phi) is 6.49. The van der Waals surface area contributed by atoms with E-state index in [0.717, 1.165) is 17.4 Å². The smallest absolute Gasteiger partial charge is 0.419 e. The van der Waals surface area contributed by atoms with Crippen LogP contribution >= 0.6 is 0 Å². The number of rotatable bonds is 7. The summed E-state index contributed by atoms with van der Waals surface area (Å²) in [5.41, 5.74) is -0.0649. The van der Waals surface area contributed by atoms with E-state index < -0.39 is 24.3 Å².